The van der Waals surface area contributed by atoms with E-state index in [1.165, 1.54) is 5.56 Å². The van der Waals surface area contributed by atoms with Gasteiger partial charge in [0.05, 0.1) is 4.92 Å². The molecule has 127 valence electrons. The van der Waals surface area contributed by atoms with Crippen LogP contribution in [0.15, 0.2) is 84.9 Å². The summed E-state index contributed by atoms with van der Waals surface area (Å²) in [5.74, 6) is 0. The quantitative estimate of drug-likeness (QED) is 0.207. The third kappa shape index (κ3) is 2.52. The predicted octanol–water partition coefficient (Wildman–Crippen LogP) is 6.52. The lowest BCUT2D eigenvalue weighted by Crippen LogP contribution is -1.88. The molecule has 0 amide bonds. The lowest BCUT2D eigenvalue weighted by molar-refractivity contribution is -0.384. The number of rotatable bonds is 2. The molecule has 0 atom stereocenters. The summed E-state index contributed by atoms with van der Waals surface area (Å²) in [4.78, 5) is 10.7. The summed E-state index contributed by atoms with van der Waals surface area (Å²) in [6, 6.07) is 31.1. The van der Waals surface area contributed by atoms with Gasteiger partial charge in [0.2, 0.25) is 0 Å². The van der Waals surface area contributed by atoms with Crippen molar-refractivity contribution in [3.63, 3.8) is 0 Å². The van der Waals surface area contributed by atoms with E-state index in [4.69, 9.17) is 0 Å². The summed E-state index contributed by atoms with van der Waals surface area (Å²) in [7, 11) is 0. The Morgan fingerprint density at radius 3 is 1.96 bits per heavy atom. The third-order valence-corrected chi connectivity index (χ3v) is 4.99. The van der Waals surface area contributed by atoms with Crippen LogP contribution in [0.1, 0.15) is 0 Å². The maximum Gasteiger partial charge on any atom is 0.270 e. The van der Waals surface area contributed by atoms with Crippen LogP contribution in [0.4, 0.5) is 5.69 Å². The molecule has 27 heavy (non-hydrogen) atoms. The van der Waals surface area contributed by atoms with Crippen LogP contribution in [0.25, 0.3) is 43.4 Å². The molecule has 1 radical (unpaired) electrons. The van der Waals surface area contributed by atoms with Crippen molar-refractivity contribution in [1.82, 2.24) is 0 Å². The first-order valence-corrected chi connectivity index (χ1v) is 8.72. The first-order valence-electron chi connectivity index (χ1n) is 8.72. The SMILES string of the molecule is O=[N+]([O-])c1ccc2cc(-c3c4ccccc4[c]c4ccccc34)ccc2c1. The molecule has 3 nitrogen and oxygen atoms in total. The standard InChI is InChI=1S/C24H14NO2/c26-25(27)21-12-11-16-13-20(10-9-17(16)15-21)24-22-7-3-1-5-18(22)14-19-6-2-4-8-23(19)24/h1-13,15H. The van der Waals surface area contributed by atoms with Crippen molar-refractivity contribution in [2.24, 2.45) is 0 Å². The topological polar surface area (TPSA) is 43.1 Å². The molecule has 5 rings (SSSR count). The normalized spacial score (nSPS) is 11.3. The predicted molar refractivity (Wildman–Crippen MR) is 110 cm³/mol. The summed E-state index contributed by atoms with van der Waals surface area (Å²) < 4.78 is 0. The van der Waals surface area contributed by atoms with E-state index >= 15 is 0 Å². The van der Waals surface area contributed by atoms with Crippen molar-refractivity contribution in [3.8, 4) is 11.1 Å². The highest BCUT2D eigenvalue weighted by Gasteiger charge is 2.12. The largest absolute Gasteiger partial charge is 0.270 e. The van der Waals surface area contributed by atoms with Crippen LogP contribution in [-0.4, -0.2) is 4.92 Å². The first kappa shape index (κ1) is 15.5. The molecule has 0 bridgehead atoms. The molecule has 0 N–H and O–H groups in total. The van der Waals surface area contributed by atoms with Gasteiger partial charge in [0.25, 0.3) is 5.69 Å². The van der Waals surface area contributed by atoms with Gasteiger partial charge in [-0.3, -0.25) is 10.1 Å². The fourth-order valence-electron chi connectivity index (χ4n) is 3.72. The second-order valence-corrected chi connectivity index (χ2v) is 6.59. The molecule has 5 aromatic rings. The average Bonchev–Trinajstić information content (AvgIpc) is 2.71. The molecular weight excluding hydrogens is 334 g/mol. The molecule has 0 aliphatic carbocycles. The number of nitrogens with zero attached hydrogens (tertiary/aromatic N) is 1. The zero-order valence-electron chi connectivity index (χ0n) is 14.3. The van der Waals surface area contributed by atoms with Crippen molar-refractivity contribution in [1.29, 1.82) is 0 Å². The van der Waals surface area contributed by atoms with Gasteiger partial charge in [-0.05, 0) is 61.6 Å². The van der Waals surface area contributed by atoms with Crippen LogP contribution in [0.5, 0.6) is 0 Å². The Morgan fingerprint density at radius 1 is 0.704 bits per heavy atom. The number of hydrogen-bond donors (Lipinski definition) is 0. The smallest absolute Gasteiger partial charge is 0.258 e. The minimum atomic E-state index is -0.360. The summed E-state index contributed by atoms with van der Waals surface area (Å²) in [5, 5.41) is 17.3. The Balaban J connectivity index is 1.84. The van der Waals surface area contributed by atoms with Crippen molar-refractivity contribution in [2.75, 3.05) is 0 Å². The molecule has 0 saturated heterocycles. The van der Waals surface area contributed by atoms with E-state index in [1.807, 2.05) is 42.5 Å². The number of hydrogen-bond acceptors (Lipinski definition) is 2. The second kappa shape index (κ2) is 5.92. The van der Waals surface area contributed by atoms with Gasteiger partial charge in [-0.15, -0.1) is 0 Å². The number of benzene rings is 5. The maximum atomic E-state index is 11.0. The van der Waals surface area contributed by atoms with Gasteiger partial charge in [-0.1, -0.05) is 60.7 Å². The molecule has 3 heteroatoms. The monoisotopic (exact) mass is 348 g/mol. The van der Waals surface area contributed by atoms with Gasteiger partial charge in [-0.25, -0.2) is 0 Å². The Hall–Kier alpha value is -3.72. The van der Waals surface area contributed by atoms with Crippen molar-refractivity contribution >= 4 is 38.0 Å². The third-order valence-electron chi connectivity index (χ3n) is 4.99. The Kier molecular flexibility index (Phi) is 3.41. The van der Waals surface area contributed by atoms with Crippen LogP contribution < -0.4 is 0 Å². The highest BCUT2D eigenvalue weighted by molar-refractivity contribution is 6.13. The summed E-state index contributed by atoms with van der Waals surface area (Å²) in [5.41, 5.74) is 2.37. The van der Waals surface area contributed by atoms with E-state index in [0.717, 1.165) is 37.9 Å². The van der Waals surface area contributed by atoms with E-state index in [-0.39, 0.29) is 10.6 Å². The molecule has 0 spiro atoms. The van der Waals surface area contributed by atoms with E-state index in [1.54, 1.807) is 12.1 Å². The van der Waals surface area contributed by atoms with Crippen LogP contribution in [-0.2, 0) is 0 Å². The van der Waals surface area contributed by atoms with Gasteiger partial charge in [0.1, 0.15) is 0 Å². The second-order valence-electron chi connectivity index (χ2n) is 6.59. The van der Waals surface area contributed by atoms with E-state index < -0.39 is 0 Å². The highest BCUT2D eigenvalue weighted by Crippen LogP contribution is 2.37. The minimum Gasteiger partial charge on any atom is -0.258 e. The summed E-state index contributed by atoms with van der Waals surface area (Å²) in [6.07, 6.45) is 0. The Bertz CT molecular complexity index is 1300. The van der Waals surface area contributed by atoms with Gasteiger partial charge in [0.15, 0.2) is 0 Å². The molecule has 5 aromatic carbocycles. The number of nitro groups is 1. The molecule has 0 aromatic heterocycles. The molecule has 0 aliphatic heterocycles. The molecule has 0 unspecified atom stereocenters. The van der Waals surface area contributed by atoms with Crippen molar-refractivity contribution < 1.29 is 4.92 Å². The zero-order valence-corrected chi connectivity index (χ0v) is 14.3. The Labute approximate surface area is 155 Å². The van der Waals surface area contributed by atoms with E-state index in [9.17, 15) is 10.1 Å². The summed E-state index contributed by atoms with van der Waals surface area (Å²) >= 11 is 0. The lowest BCUT2D eigenvalue weighted by atomic mass is 9.91. The van der Waals surface area contributed by atoms with Crippen LogP contribution >= 0.6 is 0 Å². The van der Waals surface area contributed by atoms with Crippen LogP contribution in [0.2, 0.25) is 0 Å². The van der Waals surface area contributed by atoms with Gasteiger partial charge in [-0.2, -0.15) is 0 Å². The highest BCUT2D eigenvalue weighted by atomic mass is 16.6. The van der Waals surface area contributed by atoms with E-state index in [0.29, 0.717) is 0 Å². The molecule has 0 saturated carbocycles. The molecular formula is C24H14NO2. The maximum absolute atomic E-state index is 11.0. The molecule has 0 fully saturated rings. The van der Waals surface area contributed by atoms with Gasteiger partial charge < -0.3 is 0 Å². The van der Waals surface area contributed by atoms with Crippen LogP contribution in [0.3, 0.4) is 0 Å². The Morgan fingerprint density at radius 2 is 1.30 bits per heavy atom. The lowest BCUT2D eigenvalue weighted by Gasteiger charge is -2.12. The van der Waals surface area contributed by atoms with Gasteiger partial charge in [0, 0.05) is 12.1 Å². The first-order chi connectivity index (χ1) is 13.2. The van der Waals surface area contributed by atoms with Crippen molar-refractivity contribution in [3.05, 3.63) is 101 Å². The van der Waals surface area contributed by atoms with Gasteiger partial charge >= 0.3 is 0 Å². The fourth-order valence-corrected chi connectivity index (χ4v) is 3.72. The number of fused-ring (bicyclic) bond motifs is 3. The minimum absolute atomic E-state index is 0.112. The summed E-state index contributed by atoms with van der Waals surface area (Å²) in [6.45, 7) is 0. The number of non-ortho nitro benzene ring substituents is 1. The van der Waals surface area contributed by atoms with Crippen molar-refractivity contribution in [2.45, 2.75) is 0 Å². The number of nitro benzene ring substituents is 1. The molecule has 0 heterocycles. The fraction of sp³-hybridized carbons (Fsp3) is 0. The average molecular weight is 348 g/mol. The zero-order chi connectivity index (χ0) is 18.4. The van der Waals surface area contributed by atoms with E-state index in [2.05, 4.69) is 36.4 Å². The molecule has 0 aliphatic rings. The van der Waals surface area contributed by atoms with Crippen LogP contribution in [0, 0.1) is 16.2 Å².